The Morgan fingerprint density at radius 1 is 0.947 bits per heavy atom. The van der Waals surface area contributed by atoms with Crippen molar-refractivity contribution < 1.29 is 24.0 Å². The van der Waals surface area contributed by atoms with Crippen molar-refractivity contribution in [2.24, 2.45) is 0 Å². The van der Waals surface area contributed by atoms with E-state index in [1.54, 1.807) is 37.6 Å². The molecule has 4 N–H and O–H groups in total. The number of rotatable bonds is 8. The van der Waals surface area contributed by atoms with Crippen LogP contribution in [0, 0.1) is 11.8 Å². The topological polar surface area (TPSA) is 179 Å². The van der Waals surface area contributed by atoms with Crippen molar-refractivity contribution in [3.63, 3.8) is 0 Å². The summed E-state index contributed by atoms with van der Waals surface area (Å²) < 4.78 is 0. The highest BCUT2D eigenvalue weighted by atomic mass is 16.2. The molecule has 284 valence electrons. The lowest BCUT2D eigenvalue weighted by Gasteiger charge is -2.29. The van der Waals surface area contributed by atoms with Gasteiger partial charge in [0, 0.05) is 84.6 Å². The Morgan fingerprint density at radius 3 is 2.54 bits per heavy atom. The second-order valence-corrected chi connectivity index (χ2v) is 14.3. The van der Waals surface area contributed by atoms with Crippen molar-refractivity contribution in [1.82, 2.24) is 40.8 Å². The summed E-state index contributed by atoms with van der Waals surface area (Å²) in [5.74, 6) is 4.76. The summed E-state index contributed by atoms with van der Waals surface area (Å²) >= 11 is 0. The number of H-pyrrole nitrogens is 1. The van der Waals surface area contributed by atoms with Gasteiger partial charge in [-0.05, 0) is 59.7 Å². The SMILES string of the molecule is CNC(=O)c1c[nH]c2c(C(C)C)nc(-c3cccc4cc(-c5ccc(C(=O)NCCC#Cc6cccc7c6CN(C6CCC(=O)NC6=O)C7=O)nc5)ncc34)cc12. The maximum absolute atomic E-state index is 13.1. The van der Waals surface area contributed by atoms with Crippen molar-refractivity contribution in [2.75, 3.05) is 13.6 Å². The number of aromatic nitrogens is 4. The highest BCUT2D eigenvalue weighted by Gasteiger charge is 2.39. The Bertz CT molecular complexity index is 2710. The third-order valence-corrected chi connectivity index (χ3v) is 10.4. The second-order valence-electron chi connectivity index (χ2n) is 14.3. The maximum atomic E-state index is 13.1. The van der Waals surface area contributed by atoms with E-state index in [0.717, 1.165) is 49.8 Å². The Balaban J connectivity index is 0.927. The molecule has 6 heterocycles. The molecule has 4 aromatic heterocycles. The van der Waals surface area contributed by atoms with E-state index in [-0.39, 0.29) is 54.8 Å². The minimum atomic E-state index is -0.695. The number of aromatic amines is 1. The van der Waals surface area contributed by atoms with Gasteiger partial charge in [-0.3, -0.25) is 44.2 Å². The predicted molar refractivity (Wildman–Crippen MR) is 214 cm³/mol. The normalized spacial score (nSPS) is 15.1. The number of carbonyl (C=O) groups is 5. The van der Waals surface area contributed by atoms with E-state index in [0.29, 0.717) is 35.2 Å². The fraction of sp³-hybridized carbons (Fsp3) is 0.227. The number of benzene rings is 2. The first-order valence-electron chi connectivity index (χ1n) is 18.7. The molecule has 1 saturated heterocycles. The minimum Gasteiger partial charge on any atom is -0.359 e. The van der Waals surface area contributed by atoms with E-state index >= 15 is 0 Å². The first kappa shape index (κ1) is 36.8. The lowest BCUT2D eigenvalue weighted by Crippen LogP contribution is -2.52. The molecule has 13 heteroatoms. The van der Waals surface area contributed by atoms with Crippen molar-refractivity contribution in [3.05, 3.63) is 113 Å². The number of hydrogen-bond donors (Lipinski definition) is 4. The molecular weight excluding hydrogens is 721 g/mol. The summed E-state index contributed by atoms with van der Waals surface area (Å²) in [4.78, 5) is 81.7. The molecule has 0 aliphatic carbocycles. The maximum Gasteiger partial charge on any atom is 0.269 e. The van der Waals surface area contributed by atoms with Crippen LogP contribution in [-0.2, 0) is 16.1 Å². The number of piperidine rings is 1. The van der Waals surface area contributed by atoms with Crippen LogP contribution in [0.15, 0.2) is 79.3 Å². The van der Waals surface area contributed by atoms with Crippen LogP contribution in [-0.4, -0.2) is 74.0 Å². The molecular formula is C44H38N8O5. The largest absolute Gasteiger partial charge is 0.359 e. The molecule has 1 fully saturated rings. The molecule has 1 atom stereocenters. The third kappa shape index (κ3) is 6.97. The Hall–Kier alpha value is -7.20. The smallest absolute Gasteiger partial charge is 0.269 e. The number of imide groups is 1. The molecule has 0 spiro atoms. The summed E-state index contributed by atoms with van der Waals surface area (Å²) in [5.41, 5.74) is 7.56. The number of nitrogens with zero attached hydrogens (tertiary/aromatic N) is 4. The van der Waals surface area contributed by atoms with Crippen molar-refractivity contribution >= 4 is 51.2 Å². The van der Waals surface area contributed by atoms with Gasteiger partial charge in [0.25, 0.3) is 17.7 Å². The average Bonchev–Trinajstić information content (AvgIpc) is 3.80. The van der Waals surface area contributed by atoms with Gasteiger partial charge in [-0.25, -0.2) is 0 Å². The fourth-order valence-corrected chi connectivity index (χ4v) is 7.45. The number of carbonyl (C=O) groups excluding carboxylic acids is 5. The summed E-state index contributed by atoms with van der Waals surface area (Å²) in [6.07, 6.45) is 6.01. The highest BCUT2D eigenvalue weighted by Crippen LogP contribution is 2.35. The van der Waals surface area contributed by atoms with Crippen LogP contribution in [0.2, 0.25) is 0 Å². The van der Waals surface area contributed by atoms with Gasteiger partial charge in [0.05, 0.1) is 28.2 Å². The molecule has 0 saturated carbocycles. The molecule has 5 amide bonds. The fourth-order valence-electron chi connectivity index (χ4n) is 7.45. The molecule has 13 nitrogen and oxygen atoms in total. The Morgan fingerprint density at radius 2 is 1.77 bits per heavy atom. The lowest BCUT2D eigenvalue weighted by molar-refractivity contribution is -0.136. The van der Waals surface area contributed by atoms with Crippen LogP contribution >= 0.6 is 0 Å². The van der Waals surface area contributed by atoms with E-state index in [9.17, 15) is 24.0 Å². The van der Waals surface area contributed by atoms with Gasteiger partial charge in [-0.1, -0.05) is 50.0 Å². The quantitative estimate of drug-likeness (QED) is 0.0923. The summed E-state index contributed by atoms with van der Waals surface area (Å²) in [6, 6.07) is 18.0. The summed E-state index contributed by atoms with van der Waals surface area (Å²) in [7, 11) is 1.62. The third-order valence-electron chi connectivity index (χ3n) is 10.4. The van der Waals surface area contributed by atoms with Gasteiger partial charge in [0.15, 0.2) is 0 Å². The van der Waals surface area contributed by atoms with Gasteiger partial charge >= 0.3 is 0 Å². The van der Waals surface area contributed by atoms with Gasteiger partial charge < -0.3 is 20.5 Å². The predicted octanol–water partition coefficient (Wildman–Crippen LogP) is 5.26. The van der Waals surface area contributed by atoms with Gasteiger partial charge in [-0.15, -0.1) is 0 Å². The molecule has 8 rings (SSSR count). The number of amides is 5. The Labute approximate surface area is 327 Å². The molecule has 1 unspecified atom stereocenters. The van der Waals surface area contributed by atoms with Gasteiger partial charge in [0.2, 0.25) is 11.8 Å². The molecule has 0 bridgehead atoms. The average molecular weight is 759 g/mol. The van der Waals surface area contributed by atoms with E-state index in [1.165, 1.54) is 4.90 Å². The first-order valence-corrected chi connectivity index (χ1v) is 18.7. The molecule has 0 radical (unpaired) electrons. The number of fused-ring (bicyclic) bond motifs is 3. The second kappa shape index (κ2) is 15.1. The van der Waals surface area contributed by atoms with Crippen LogP contribution in [0.5, 0.6) is 0 Å². The standard InChI is InChI=1S/C44H38N8O5/c1-24(2)39-40-30(32(22-49-40)41(54)45-3)19-36(50-39)28-11-7-10-26-18-35(48-21-31(26)28)27-13-14-34(47-20-27)42(55)46-17-5-4-8-25-9-6-12-29-33(25)23-52(44(29)57)37-15-16-38(53)51-43(37)56/h6-7,9-14,18-22,24,37,49H,5,15-17,23H2,1-3H3,(H,45,54)(H,46,55)(H,51,53,56). The molecule has 57 heavy (non-hydrogen) atoms. The van der Waals surface area contributed by atoms with Crippen LogP contribution < -0.4 is 16.0 Å². The van der Waals surface area contributed by atoms with E-state index in [1.807, 2.05) is 48.7 Å². The van der Waals surface area contributed by atoms with Gasteiger partial charge in [0.1, 0.15) is 11.7 Å². The zero-order valence-electron chi connectivity index (χ0n) is 31.5. The lowest BCUT2D eigenvalue weighted by atomic mass is 9.98. The molecule has 2 aliphatic heterocycles. The van der Waals surface area contributed by atoms with E-state index in [2.05, 4.69) is 51.6 Å². The number of hydrogen-bond acceptors (Lipinski definition) is 8. The monoisotopic (exact) mass is 758 g/mol. The van der Waals surface area contributed by atoms with Crippen LogP contribution in [0.4, 0.5) is 0 Å². The van der Waals surface area contributed by atoms with Crippen molar-refractivity contribution in [2.45, 2.75) is 51.6 Å². The molecule has 2 aromatic carbocycles. The number of nitrogens with one attached hydrogen (secondary N) is 4. The highest BCUT2D eigenvalue weighted by molar-refractivity contribution is 6.09. The first-order chi connectivity index (χ1) is 27.6. The van der Waals surface area contributed by atoms with Crippen molar-refractivity contribution in [1.29, 1.82) is 0 Å². The molecule has 2 aliphatic rings. The zero-order chi connectivity index (χ0) is 39.8. The molecule has 6 aromatic rings. The van der Waals surface area contributed by atoms with Crippen molar-refractivity contribution in [3.8, 4) is 34.4 Å². The number of pyridine rings is 3. The summed E-state index contributed by atoms with van der Waals surface area (Å²) in [6.45, 7) is 4.68. The van der Waals surface area contributed by atoms with Crippen LogP contribution in [0.25, 0.3) is 44.2 Å². The van der Waals surface area contributed by atoms with Crippen LogP contribution in [0.3, 0.4) is 0 Å². The zero-order valence-corrected chi connectivity index (χ0v) is 31.5. The Kier molecular flexibility index (Phi) is 9.77. The van der Waals surface area contributed by atoms with E-state index < -0.39 is 11.9 Å². The summed E-state index contributed by atoms with van der Waals surface area (Å²) in [5, 5.41) is 10.6. The van der Waals surface area contributed by atoms with E-state index in [4.69, 9.17) is 9.97 Å². The minimum absolute atomic E-state index is 0.118. The van der Waals surface area contributed by atoms with Crippen LogP contribution in [0.1, 0.15) is 87.1 Å². The van der Waals surface area contributed by atoms with Gasteiger partial charge in [-0.2, -0.15) is 0 Å².